The average Bonchev–Trinajstić information content (AvgIpc) is 3.58. The lowest BCUT2D eigenvalue weighted by molar-refractivity contribution is -0.142. The van der Waals surface area contributed by atoms with Crippen LogP contribution in [0.2, 0.25) is 0 Å². The standard InChI is InChI=1S/C28H21N3O4S3/c1-17-5-7-21(8-6-17)38(34,35)31-23-10-12-37-27(23)25(22-9-11-36-24(22)14-29)26(31)18-3-2-4-20(13-18)30-15-19(16-30)28(32)33/h2-13,19H,15-16H2,1H3,(H,32,33). The predicted octanol–water partition coefficient (Wildman–Crippen LogP) is 6.04. The Bertz CT molecular complexity index is 1850. The SMILES string of the molecule is Cc1ccc(S(=O)(=O)n2c(-c3cccc(N4CC(C(=O)O)C4)c3)c(-c3ccsc3C#N)c3sccc32)cc1. The van der Waals surface area contributed by atoms with Gasteiger partial charge in [-0.2, -0.15) is 5.26 Å². The number of thiophene rings is 2. The fourth-order valence-corrected chi connectivity index (χ4v) is 8.07. The maximum Gasteiger partial charge on any atom is 0.310 e. The predicted molar refractivity (Wildman–Crippen MR) is 150 cm³/mol. The van der Waals surface area contributed by atoms with Gasteiger partial charge in [-0.1, -0.05) is 29.8 Å². The summed E-state index contributed by atoms with van der Waals surface area (Å²) in [6.07, 6.45) is 0. The van der Waals surface area contributed by atoms with Crippen LogP contribution in [-0.2, 0) is 14.8 Å². The summed E-state index contributed by atoms with van der Waals surface area (Å²) in [5, 5.41) is 22.8. The molecule has 0 bridgehead atoms. The molecule has 4 heterocycles. The number of nitrogens with zero attached hydrogens (tertiary/aromatic N) is 3. The molecule has 10 heteroatoms. The van der Waals surface area contributed by atoms with Crippen molar-refractivity contribution in [2.24, 2.45) is 5.92 Å². The summed E-state index contributed by atoms with van der Waals surface area (Å²) >= 11 is 2.76. The molecule has 6 rings (SSSR count). The van der Waals surface area contributed by atoms with E-state index >= 15 is 0 Å². The highest BCUT2D eigenvalue weighted by atomic mass is 32.2. The lowest BCUT2D eigenvalue weighted by Crippen LogP contribution is -2.50. The molecular formula is C28H21N3O4S3. The third kappa shape index (κ3) is 3.82. The number of nitriles is 1. The molecule has 2 aromatic carbocycles. The number of fused-ring (bicyclic) bond motifs is 1. The van der Waals surface area contributed by atoms with Crippen LogP contribution in [0.5, 0.6) is 0 Å². The van der Waals surface area contributed by atoms with Crippen molar-refractivity contribution in [2.75, 3.05) is 18.0 Å². The zero-order valence-electron chi connectivity index (χ0n) is 20.2. The number of carbonyl (C=O) groups is 1. The van der Waals surface area contributed by atoms with Crippen LogP contribution in [0.25, 0.3) is 32.6 Å². The number of aromatic nitrogens is 1. The Labute approximate surface area is 227 Å². The van der Waals surface area contributed by atoms with E-state index in [1.54, 1.807) is 30.3 Å². The third-order valence-electron chi connectivity index (χ3n) is 6.84. The Hall–Kier alpha value is -3.91. The average molecular weight is 560 g/mol. The van der Waals surface area contributed by atoms with Crippen LogP contribution in [0, 0.1) is 24.2 Å². The van der Waals surface area contributed by atoms with Crippen molar-refractivity contribution >= 4 is 54.6 Å². The Balaban J connectivity index is 1.63. The normalized spacial score (nSPS) is 13.9. The quantitative estimate of drug-likeness (QED) is 0.272. The summed E-state index contributed by atoms with van der Waals surface area (Å²) < 4.78 is 30.6. The van der Waals surface area contributed by atoms with Crippen molar-refractivity contribution in [3.05, 3.63) is 81.9 Å². The van der Waals surface area contributed by atoms with Gasteiger partial charge in [0.15, 0.2) is 0 Å². The van der Waals surface area contributed by atoms with Gasteiger partial charge in [-0.3, -0.25) is 4.79 Å². The lowest BCUT2D eigenvalue weighted by Gasteiger charge is -2.38. The van der Waals surface area contributed by atoms with Gasteiger partial charge >= 0.3 is 5.97 Å². The summed E-state index contributed by atoms with van der Waals surface area (Å²) in [7, 11) is -4.01. The minimum absolute atomic E-state index is 0.174. The van der Waals surface area contributed by atoms with Crippen molar-refractivity contribution in [3.63, 3.8) is 0 Å². The van der Waals surface area contributed by atoms with Crippen molar-refractivity contribution in [3.8, 4) is 28.5 Å². The lowest BCUT2D eigenvalue weighted by atomic mass is 9.97. The minimum Gasteiger partial charge on any atom is -0.481 e. The molecule has 1 saturated heterocycles. The Morgan fingerprint density at radius 1 is 1.05 bits per heavy atom. The molecule has 1 aliphatic rings. The van der Waals surface area contributed by atoms with E-state index in [4.69, 9.17) is 0 Å². The van der Waals surface area contributed by atoms with Gasteiger partial charge in [-0.25, -0.2) is 12.4 Å². The molecule has 5 aromatic rings. The zero-order valence-corrected chi connectivity index (χ0v) is 22.6. The van der Waals surface area contributed by atoms with Gasteiger partial charge in [0, 0.05) is 35.5 Å². The first kappa shape index (κ1) is 24.4. The summed E-state index contributed by atoms with van der Waals surface area (Å²) in [5.41, 5.74) is 4.88. The summed E-state index contributed by atoms with van der Waals surface area (Å²) in [4.78, 5) is 14.0. The first-order chi connectivity index (χ1) is 18.3. The van der Waals surface area contributed by atoms with Crippen molar-refractivity contribution in [1.29, 1.82) is 5.26 Å². The smallest absolute Gasteiger partial charge is 0.310 e. The molecular weight excluding hydrogens is 539 g/mol. The largest absolute Gasteiger partial charge is 0.481 e. The molecule has 0 radical (unpaired) electrons. The number of hydrogen-bond donors (Lipinski definition) is 1. The molecule has 1 aliphatic heterocycles. The third-order valence-corrected chi connectivity index (χ3v) is 10.3. The van der Waals surface area contributed by atoms with E-state index in [1.165, 1.54) is 26.6 Å². The maximum absolute atomic E-state index is 14.2. The molecule has 0 unspecified atom stereocenters. The molecule has 0 spiro atoms. The monoisotopic (exact) mass is 559 g/mol. The van der Waals surface area contributed by atoms with Crippen LogP contribution in [0.15, 0.2) is 76.3 Å². The fourth-order valence-electron chi connectivity index (χ4n) is 4.84. The van der Waals surface area contributed by atoms with E-state index in [0.717, 1.165) is 16.0 Å². The highest BCUT2D eigenvalue weighted by molar-refractivity contribution is 7.90. The highest BCUT2D eigenvalue weighted by Crippen LogP contribution is 2.47. The molecule has 1 N–H and O–H groups in total. The number of rotatable bonds is 6. The summed E-state index contributed by atoms with van der Waals surface area (Å²) in [5.74, 6) is -1.24. The Kier molecular flexibility index (Phi) is 5.87. The van der Waals surface area contributed by atoms with Crippen LogP contribution in [0.3, 0.4) is 0 Å². The van der Waals surface area contributed by atoms with Crippen LogP contribution < -0.4 is 4.90 Å². The van der Waals surface area contributed by atoms with Crippen molar-refractivity contribution < 1.29 is 18.3 Å². The number of aliphatic carboxylic acids is 1. The number of hydrogen-bond acceptors (Lipinski definition) is 7. The summed E-state index contributed by atoms with van der Waals surface area (Å²) in [6.45, 7) is 2.70. The molecule has 0 saturated carbocycles. The van der Waals surface area contributed by atoms with Crippen LogP contribution in [0.4, 0.5) is 5.69 Å². The summed E-state index contributed by atoms with van der Waals surface area (Å²) in [6, 6.07) is 20.2. The van der Waals surface area contributed by atoms with E-state index in [1.807, 2.05) is 52.9 Å². The van der Waals surface area contributed by atoms with Gasteiger partial charge in [0.05, 0.1) is 26.7 Å². The van der Waals surface area contributed by atoms with Gasteiger partial charge in [-0.05, 0) is 54.1 Å². The van der Waals surface area contributed by atoms with Crippen LogP contribution in [-0.4, -0.2) is 36.6 Å². The van der Waals surface area contributed by atoms with Crippen molar-refractivity contribution in [2.45, 2.75) is 11.8 Å². The highest BCUT2D eigenvalue weighted by Gasteiger charge is 2.34. The minimum atomic E-state index is -4.01. The second-order valence-electron chi connectivity index (χ2n) is 9.21. The molecule has 7 nitrogen and oxygen atoms in total. The maximum atomic E-state index is 14.2. The second kappa shape index (κ2) is 9.13. The van der Waals surface area contributed by atoms with E-state index in [-0.39, 0.29) is 4.90 Å². The number of aryl methyl sites for hydroxylation is 1. The number of carboxylic acid groups (broad SMARTS) is 1. The van der Waals surface area contributed by atoms with E-state index in [2.05, 4.69) is 6.07 Å². The second-order valence-corrected chi connectivity index (χ2v) is 12.8. The van der Waals surface area contributed by atoms with Gasteiger partial charge in [0.25, 0.3) is 10.0 Å². The first-order valence-electron chi connectivity index (χ1n) is 11.8. The number of benzene rings is 2. The van der Waals surface area contributed by atoms with Crippen molar-refractivity contribution in [1.82, 2.24) is 3.97 Å². The Morgan fingerprint density at radius 3 is 2.50 bits per heavy atom. The molecule has 3 aromatic heterocycles. The fraction of sp³-hybridized carbons (Fsp3) is 0.143. The Morgan fingerprint density at radius 2 is 1.79 bits per heavy atom. The molecule has 190 valence electrons. The topological polar surface area (TPSA) is 103 Å². The van der Waals surface area contributed by atoms with Gasteiger partial charge in [0.1, 0.15) is 10.9 Å². The molecule has 0 aliphatic carbocycles. The van der Waals surface area contributed by atoms with E-state index < -0.39 is 21.9 Å². The molecule has 1 fully saturated rings. The van der Waals surface area contributed by atoms with Gasteiger partial charge < -0.3 is 10.0 Å². The number of anilines is 1. The zero-order chi connectivity index (χ0) is 26.6. The van der Waals surface area contributed by atoms with Crippen LogP contribution in [0.1, 0.15) is 10.4 Å². The molecule has 0 atom stereocenters. The molecule has 0 amide bonds. The van der Waals surface area contributed by atoms with Crippen LogP contribution >= 0.6 is 22.7 Å². The van der Waals surface area contributed by atoms with E-state index in [0.29, 0.717) is 45.9 Å². The first-order valence-corrected chi connectivity index (χ1v) is 15.0. The van der Waals surface area contributed by atoms with Gasteiger partial charge in [-0.15, -0.1) is 22.7 Å². The molecule has 38 heavy (non-hydrogen) atoms. The van der Waals surface area contributed by atoms with E-state index in [9.17, 15) is 23.6 Å². The number of carboxylic acids is 1. The van der Waals surface area contributed by atoms with Gasteiger partial charge in [0.2, 0.25) is 0 Å².